The fourth-order valence-electron chi connectivity index (χ4n) is 2.56. The maximum absolute atomic E-state index is 12.7. The number of hydrogen-bond donors (Lipinski definition) is 2. The highest BCUT2D eigenvalue weighted by Gasteiger charge is 2.37. The van der Waals surface area contributed by atoms with E-state index >= 15 is 0 Å². The molecule has 1 rings (SSSR count). The van der Waals surface area contributed by atoms with Crippen molar-refractivity contribution in [1.82, 2.24) is 9.62 Å². The zero-order chi connectivity index (χ0) is 16.0. The van der Waals surface area contributed by atoms with Crippen LogP contribution in [0.15, 0.2) is 0 Å². The first-order valence-electron chi connectivity index (χ1n) is 7.24. The Morgan fingerprint density at radius 1 is 1.29 bits per heavy atom. The Bertz CT molecular complexity index is 471. The Balaban J connectivity index is 2.87. The smallest absolute Gasteiger partial charge is 0.321 e. The van der Waals surface area contributed by atoms with Crippen molar-refractivity contribution in [2.75, 3.05) is 13.1 Å². The van der Waals surface area contributed by atoms with Crippen LogP contribution in [0.1, 0.15) is 46.0 Å². The van der Waals surface area contributed by atoms with Crippen LogP contribution in [0.25, 0.3) is 0 Å². The maximum atomic E-state index is 12.7. The Morgan fingerprint density at radius 2 is 1.86 bits per heavy atom. The molecule has 8 heteroatoms. The van der Waals surface area contributed by atoms with E-state index in [2.05, 4.69) is 5.32 Å². The number of carboxylic acids is 1. The van der Waals surface area contributed by atoms with Gasteiger partial charge in [-0.1, -0.05) is 19.3 Å². The predicted molar refractivity (Wildman–Crippen MR) is 78.3 cm³/mol. The Hall–Kier alpha value is -1.15. The highest BCUT2D eigenvalue weighted by molar-refractivity contribution is 7.89. The topological polar surface area (TPSA) is 104 Å². The van der Waals surface area contributed by atoms with E-state index in [9.17, 15) is 18.0 Å². The summed E-state index contributed by atoms with van der Waals surface area (Å²) in [4.78, 5) is 22.1. The summed E-state index contributed by atoms with van der Waals surface area (Å²) >= 11 is 0. The van der Waals surface area contributed by atoms with Crippen molar-refractivity contribution in [3.05, 3.63) is 0 Å². The van der Waals surface area contributed by atoms with Gasteiger partial charge in [0.25, 0.3) is 0 Å². The van der Waals surface area contributed by atoms with Crippen LogP contribution >= 0.6 is 0 Å². The molecule has 0 spiro atoms. The van der Waals surface area contributed by atoms with E-state index in [1.807, 2.05) is 0 Å². The van der Waals surface area contributed by atoms with Gasteiger partial charge in [0.15, 0.2) is 0 Å². The molecule has 1 fully saturated rings. The van der Waals surface area contributed by atoms with E-state index < -0.39 is 27.3 Å². The van der Waals surface area contributed by atoms with Crippen LogP contribution < -0.4 is 5.32 Å². The standard InChI is InChI=1S/C13H24N2O5S/c1-10(13(17)18)15(9-8-14-11(2)16)21(19,20)12-6-4-3-5-7-12/h10,12H,3-9H2,1-2H3,(H,14,16)(H,17,18). The molecule has 0 aromatic carbocycles. The van der Waals surface area contributed by atoms with Crippen LogP contribution in [0.5, 0.6) is 0 Å². The van der Waals surface area contributed by atoms with Gasteiger partial charge in [-0.3, -0.25) is 9.59 Å². The summed E-state index contributed by atoms with van der Waals surface area (Å²) in [5, 5.41) is 11.1. The number of carbonyl (C=O) groups excluding carboxylic acids is 1. The van der Waals surface area contributed by atoms with E-state index in [1.165, 1.54) is 13.8 Å². The molecule has 0 bridgehead atoms. The minimum absolute atomic E-state index is 0.0219. The summed E-state index contributed by atoms with van der Waals surface area (Å²) in [7, 11) is -3.67. The van der Waals surface area contributed by atoms with Gasteiger partial charge in [0.2, 0.25) is 15.9 Å². The summed E-state index contributed by atoms with van der Waals surface area (Å²) in [6.45, 7) is 2.78. The summed E-state index contributed by atoms with van der Waals surface area (Å²) in [6.07, 6.45) is 3.87. The Morgan fingerprint density at radius 3 is 2.33 bits per heavy atom. The predicted octanol–water partition coefficient (Wildman–Crippen LogP) is 0.560. The molecule has 0 aromatic heterocycles. The lowest BCUT2D eigenvalue weighted by Crippen LogP contribution is -2.50. The van der Waals surface area contributed by atoms with Crippen molar-refractivity contribution in [3.63, 3.8) is 0 Å². The van der Waals surface area contributed by atoms with Gasteiger partial charge in [-0.15, -0.1) is 0 Å². The third-order valence-corrected chi connectivity index (χ3v) is 6.26. The fraction of sp³-hybridized carbons (Fsp3) is 0.846. The molecular weight excluding hydrogens is 296 g/mol. The number of sulfonamides is 1. The van der Waals surface area contributed by atoms with Crippen LogP contribution in [0, 0.1) is 0 Å². The molecular formula is C13H24N2O5S. The number of carboxylic acid groups (broad SMARTS) is 1. The molecule has 1 aliphatic rings. The van der Waals surface area contributed by atoms with Gasteiger partial charge in [0.1, 0.15) is 6.04 Å². The van der Waals surface area contributed by atoms with Gasteiger partial charge in [-0.25, -0.2) is 8.42 Å². The SMILES string of the molecule is CC(=O)NCCN(C(C)C(=O)O)S(=O)(=O)C1CCCCC1. The Labute approximate surface area is 125 Å². The first-order valence-corrected chi connectivity index (χ1v) is 8.75. The minimum Gasteiger partial charge on any atom is -0.480 e. The second-order valence-electron chi connectivity index (χ2n) is 5.41. The number of amides is 1. The molecule has 1 atom stereocenters. The van der Waals surface area contributed by atoms with E-state index in [0.29, 0.717) is 12.8 Å². The zero-order valence-electron chi connectivity index (χ0n) is 12.5. The maximum Gasteiger partial charge on any atom is 0.321 e. The molecule has 0 radical (unpaired) electrons. The normalized spacial score (nSPS) is 18.4. The minimum atomic E-state index is -3.67. The molecule has 7 nitrogen and oxygen atoms in total. The molecule has 1 saturated carbocycles. The van der Waals surface area contributed by atoms with Crippen LogP contribution in [0.3, 0.4) is 0 Å². The lowest BCUT2D eigenvalue weighted by molar-refractivity contribution is -0.140. The average molecular weight is 320 g/mol. The first-order chi connectivity index (χ1) is 9.76. The first kappa shape index (κ1) is 17.9. The number of nitrogens with one attached hydrogen (secondary N) is 1. The number of hydrogen-bond acceptors (Lipinski definition) is 4. The number of nitrogens with zero attached hydrogens (tertiary/aromatic N) is 1. The summed E-state index contributed by atoms with van der Waals surface area (Å²) < 4.78 is 26.3. The van der Waals surface area contributed by atoms with Gasteiger partial charge in [0.05, 0.1) is 5.25 Å². The molecule has 1 aliphatic carbocycles. The number of rotatable bonds is 7. The molecule has 1 unspecified atom stereocenters. The van der Waals surface area contributed by atoms with Crippen molar-refractivity contribution >= 4 is 21.9 Å². The summed E-state index contributed by atoms with van der Waals surface area (Å²) in [5.41, 5.74) is 0. The van der Waals surface area contributed by atoms with Gasteiger partial charge < -0.3 is 10.4 Å². The molecule has 2 N–H and O–H groups in total. The fourth-order valence-corrected chi connectivity index (χ4v) is 4.75. The molecule has 0 saturated heterocycles. The summed E-state index contributed by atoms with van der Waals surface area (Å²) in [5.74, 6) is -1.45. The zero-order valence-corrected chi connectivity index (χ0v) is 13.4. The molecule has 0 aliphatic heterocycles. The van der Waals surface area contributed by atoms with E-state index in [1.54, 1.807) is 0 Å². The second kappa shape index (κ2) is 7.74. The van der Waals surface area contributed by atoms with Crippen molar-refractivity contribution in [3.8, 4) is 0 Å². The second-order valence-corrected chi connectivity index (χ2v) is 7.58. The number of aliphatic carboxylic acids is 1. The van der Waals surface area contributed by atoms with Crippen LogP contribution in [0.4, 0.5) is 0 Å². The molecule has 122 valence electrons. The van der Waals surface area contributed by atoms with Crippen LogP contribution in [-0.2, 0) is 19.6 Å². The van der Waals surface area contributed by atoms with Gasteiger partial charge in [0, 0.05) is 20.0 Å². The van der Waals surface area contributed by atoms with E-state index in [-0.39, 0.29) is 19.0 Å². The van der Waals surface area contributed by atoms with Crippen molar-refractivity contribution in [2.24, 2.45) is 0 Å². The Kier molecular flexibility index (Phi) is 6.60. The lowest BCUT2D eigenvalue weighted by atomic mass is 10.0. The quantitative estimate of drug-likeness (QED) is 0.713. The third-order valence-electron chi connectivity index (χ3n) is 3.80. The molecule has 0 heterocycles. The monoisotopic (exact) mass is 320 g/mol. The van der Waals surface area contributed by atoms with Gasteiger partial charge >= 0.3 is 5.97 Å². The molecule has 0 aromatic rings. The molecule has 1 amide bonds. The number of carbonyl (C=O) groups is 2. The molecule has 21 heavy (non-hydrogen) atoms. The van der Waals surface area contributed by atoms with Crippen molar-refractivity contribution in [2.45, 2.75) is 57.2 Å². The van der Waals surface area contributed by atoms with Gasteiger partial charge in [-0.2, -0.15) is 4.31 Å². The van der Waals surface area contributed by atoms with Gasteiger partial charge in [-0.05, 0) is 19.8 Å². The summed E-state index contributed by atoms with van der Waals surface area (Å²) in [6, 6.07) is -1.13. The van der Waals surface area contributed by atoms with Crippen molar-refractivity contribution in [1.29, 1.82) is 0 Å². The average Bonchev–Trinajstić information content (AvgIpc) is 2.43. The highest BCUT2D eigenvalue weighted by Crippen LogP contribution is 2.27. The van der Waals surface area contributed by atoms with Crippen LogP contribution in [0.2, 0.25) is 0 Å². The van der Waals surface area contributed by atoms with E-state index in [0.717, 1.165) is 23.6 Å². The lowest BCUT2D eigenvalue weighted by Gasteiger charge is -2.31. The van der Waals surface area contributed by atoms with Crippen LogP contribution in [-0.4, -0.2) is 54.1 Å². The third kappa shape index (κ3) is 4.96. The largest absolute Gasteiger partial charge is 0.480 e. The highest BCUT2D eigenvalue weighted by atomic mass is 32.2. The van der Waals surface area contributed by atoms with E-state index in [4.69, 9.17) is 5.11 Å². The van der Waals surface area contributed by atoms with Crippen molar-refractivity contribution < 1.29 is 23.1 Å².